The number of amides is 1. The molecule has 0 radical (unpaired) electrons. The van der Waals surface area contributed by atoms with Crippen LogP contribution in [0.15, 0.2) is 24.8 Å². The van der Waals surface area contributed by atoms with Crippen LogP contribution in [0.3, 0.4) is 0 Å². The van der Waals surface area contributed by atoms with Crippen molar-refractivity contribution in [3.05, 3.63) is 51.4 Å². The molecular formula is C28H27Cl3F2N8O6. The molecule has 19 heteroatoms. The molecule has 0 unspecified atom stereocenters. The molecule has 0 aliphatic carbocycles. The summed E-state index contributed by atoms with van der Waals surface area (Å²) in [6.07, 6.45) is 1.11. The predicted molar refractivity (Wildman–Crippen MR) is 167 cm³/mol. The highest BCUT2D eigenvalue weighted by Crippen LogP contribution is 2.33. The van der Waals surface area contributed by atoms with Crippen LogP contribution in [0.25, 0.3) is 22.1 Å². The number of nitrogens with zero attached hydrogens (tertiary/aromatic N) is 7. The highest BCUT2D eigenvalue weighted by Gasteiger charge is 2.46. The zero-order valence-electron chi connectivity index (χ0n) is 25.5. The first-order valence-electron chi connectivity index (χ1n) is 13.6. The van der Waals surface area contributed by atoms with Crippen LogP contribution in [-0.4, -0.2) is 97.7 Å². The van der Waals surface area contributed by atoms with E-state index in [1.165, 1.54) is 37.6 Å². The molecular weight excluding hydrogens is 689 g/mol. The Morgan fingerprint density at radius 3 is 1.96 bits per heavy atom. The summed E-state index contributed by atoms with van der Waals surface area (Å²) >= 11 is 17.6. The molecule has 1 fully saturated rings. The number of carbonyl (C=O) groups excluding carboxylic acids is 3. The highest BCUT2D eigenvalue weighted by molar-refractivity contribution is 6.35. The summed E-state index contributed by atoms with van der Waals surface area (Å²) in [5.74, 6) is -4.45. The summed E-state index contributed by atoms with van der Waals surface area (Å²) in [4.78, 5) is 60.8. The topological polar surface area (TPSA) is 172 Å². The summed E-state index contributed by atoms with van der Waals surface area (Å²) in [6, 6.07) is 1.17. The van der Waals surface area contributed by atoms with E-state index >= 15 is 0 Å². The Hall–Kier alpha value is -4.28. The Morgan fingerprint density at radius 1 is 0.872 bits per heavy atom. The van der Waals surface area contributed by atoms with Crippen molar-refractivity contribution in [3.63, 3.8) is 0 Å². The lowest BCUT2D eigenvalue weighted by molar-refractivity contribution is -0.0683. The van der Waals surface area contributed by atoms with Gasteiger partial charge in [-0.25, -0.2) is 53.1 Å². The van der Waals surface area contributed by atoms with Crippen molar-refractivity contribution in [2.45, 2.75) is 44.8 Å². The number of piperidine rings is 1. The molecule has 1 aliphatic heterocycles. The molecule has 1 aliphatic rings. The Balaban J connectivity index is 0.000000261. The number of pyridine rings is 2. The summed E-state index contributed by atoms with van der Waals surface area (Å²) < 4.78 is 44.0. The van der Waals surface area contributed by atoms with Gasteiger partial charge >= 0.3 is 18.0 Å². The van der Waals surface area contributed by atoms with Crippen molar-refractivity contribution in [2.75, 3.05) is 32.6 Å². The van der Waals surface area contributed by atoms with Crippen LogP contribution in [0, 0.1) is 0 Å². The number of ether oxygens (including phenoxy) is 3. The van der Waals surface area contributed by atoms with Gasteiger partial charge in [0.15, 0.2) is 11.0 Å². The van der Waals surface area contributed by atoms with Gasteiger partial charge in [0.1, 0.15) is 56.7 Å². The number of anilines is 1. The lowest BCUT2D eigenvalue weighted by Crippen LogP contribution is -2.56. The van der Waals surface area contributed by atoms with Gasteiger partial charge in [-0.05, 0) is 32.9 Å². The minimum atomic E-state index is -3.14. The first-order chi connectivity index (χ1) is 22.0. The second kappa shape index (κ2) is 14.2. The van der Waals surface area contributed by atoms with E-state index in [1.54, 1.807) is 20.8 Å². The third-order valence-corrected chi connectivity index (χ3v) is 7.14. The number of likely N-dealkylation sites (tertiary alicyclic amines) is 1. The standard InChI is InChI=1S/C19H22ClF2N5O4.C9H5Cl2N3O2/c1-18(2,3)31-17(29)27-6-5-19(21,22)11(8-27)25-15-14-13(23-9-24-15)10(16(28)30-4)7-12(20)26-14;1-16-9(15)4-2-5(10)14-7-6(4)12-3-13-8(7)11/h7,9,11H,5-6,8H2,1-4H3,(H,23,24,25);2-3H,1H3/t11-;/m1./s1. The number of methoxy groups -OCH3 is 2. The molecule has 14 nitrogen and oxygen atoms in total. The maximum Gasteiger partial charge on any atom is 0.410 e. The van der Waals surface area contributed by atoms with Crippen LogP contribution in [0.1, 0.15) is 47.9 Å². The van der Waals surface area contributed by atoms with Crippen LogP contribution in [0.5, 0.6) is 0 Å². The van der Waals surface area contributed by atoms with Crippen LogP contribution in [0.4, 0.5) is 19.4 Å². The van der Waals surface area contributed by atoms with Gasteiger partial charge < -0.3 is 24.4 Å². The molecule has 1 N–H and O–H groups in total. The van der Waals surface area contributed by atoms with E-state index in [4.69, 9.17) is 44.3 Å². The summed E-state index contributed by atoms with van der Waals surface area (Å²) in [6.45, 7) is 4.61. The van der Waals surface area contributed by atoms with E-state index < -0.39 is 42.0 Å². The Kier molecular flexibility index (Phi) is 10.8. The Morgan fingerprint density at radius 2 is 1.40 bits per heavy atom. The summed E-state index contributed by atoms with van der Waals surface area (Å²) in [5, 5.41) is 2.86. The van der Waals surface area contributed by atoms with Gasteiger partial charge in [-0.1, -0.05) is 34.8 Å². The van der Waals surface area contributed by atoms with Crippen LogP contribution >= 0.6 is 34.8 Å². The number of halogens is 5. The molecule has 4 aromatic heterocycles. The lowest BCUT2D eigenvalue weighted by Gasteiger charge is -2.39. The van der Waals surface area contributed by atoms with Gasteiger partial charge in [0.2, 0.25) is 0 Å². The van der Waals surface area contributed by atoms with Crippen molar-refractivity contribution >= 4 is 80.7 Å². The minimum absolute atomic E-state index is 0.0220. The molecule has 0 aromatic carbocycles. The minimum Gasteiger partial charge on any atom is -0.465 e. The quantitative estimate of drug-likeness (QED) is 0.119. The van der Waals surface area contributed by atoms with E-state index in [-0.39, 0.29) is 62.0 Å². The van der Waals surface area contributed by atoms with Crippen molar-refractivity contribution in [1.29, 1.82) is 0 Å². The summed E-state index contributed by atoms with van der Waals surface area (Å²) in [7, 11) is 2.46. The fraction of sp³-hybridized carbons (Fsp3) is 0.393. The molecule has 1 saturated heterocycles. The van der Waals surface area contributed by atoms with Crippen molar-refractivity contribution in [2.24, 2.45) is 0 Å². The molecule has 4 aromatic rings. The smallest absolute Gasteiger partial charge is 0.410 e. The molecule has 0 spiro atoms. The largest absolute Gasteiger partial charge is 0.465 e. The average molecular weight is 716 g/mol. The lowest BCUT2D eigenvalue weighted by atomic mass is 10.0. The molecule has 1 amide bonds. The van der Waals surface area contributed by atoms with Crippen molar-refractivity contribution < 1.29 is 37.4 Å². The predicted octanol–water partition coefficient (Wildman–Crippen LogP) is 5.64. The second-order valence-electron chi connectivity index (χ2n) is 10.9. The highest BCUT2D eigenvalue weighted by atomic mass is 35.5. The van der Waals surface area contributed by atoms with Crippen molar-refractivity contribution in [3.8, 4) is 0 Å². The Bertz CT molecular complexity index is 1850. The van der Waals surface area contributed by atoms with Crippen LogP contribution in [0.2, 0.25) is 15.5 Å². The zero-order valence-corrected chi connectivity index (χ0v) is 27.7. The number of carbonyl (C=O) groups is 3. The van der Waals surface area contributed by atoms with Crippen LogP contribution in [-0.2, 0) is 14.2 Å². The van der Waals surface area contributed by atoms with Gasteiger partial charge in [-0.3, -0.25) is 0 Å². The van der Waals surface area contributed by atoms with Crippen LogP contribution < -0.4 is 5.32 Å². The number of hydrogen-bond donors (Lipinski definition) is 1. The van der Waals surface area contributed by atoms with E-state index in [0.717, 1.165) is 6.33 Å². The molecule has 1 atom stereocenters. The van der Waals surface area contributed by atoms with Crippen molar-refractivity contribution in [1.82, 2.24) is 34.8 Å². The first-order valence-corrected chi connectivity index (χ1v) is 14.7. The van der Waals surface area contributed by atoms with E-state index in [1.807, 2.05) is 0 Å². The maximum absolute atomic E-state index is 14.7. The number of rotatable bonds is 4. The molecule has 250 valence electrons. The van der Waals surface area contributed by atoms with E-state index in [9.17, 15) is 23.2 Å². The molecule has 0 bridgehead atoms. The fourth-order valence-corrected chi connectivity index (χ4v) is 4.90. The second-order valence-corrected chi connectivity index (χ2v) is 12.0. The van der Waals surface area contributed by atoms with Gasteiger partial charge in [-0.15, -0.1) is 0 Å². The van der Waals surface area contributed by atoms with Gasteiger partial charge in [0.25, 0.3) is 5.92 Å². The average Bonchev–Trinajstić information content (AvgIpc) is 3.00. The van der Waals surface area contributed by atoms with Gasteiger partial charge in [-0.2, -0.15) is 0 Å². The van der Waals surface area contributed by atoms with E-state index in [2.05, 4.69) is 40.0 Å². The summed E-state index contributed by atoms with van der Waals surface area (Å²) in [5.41, 5.74) is 0.190. The van der Waals surface area contributed by atoms with E-state index in [0.29, 0.717) is 5.52 Å². The third-order valence-electron chi connectivity index (χ3n) is 6.48. The molecule has 47 heavy (non-hydrogen) atoms. The number of nitrogens with one attached hydrogen (secondary N) is 1. The third kappa shape index (κ3) is 8.36. The number of hydrogen-bond acceptors (Lipinski definition) is 13. The molecule has 5 heterocycles. The normalized spacial score (nSPS) is 15.8. The number of fused-ring (bicyclic) bond motifs is 2. The molecule has 0 saturated carbocycles. The van der Waals surface area contributed by atoms with Gasteiger partial charge in [0, 0.05) is 13.0 Å². The SMILES string of the molecule is COC(=O)c1cc(Cl)nc2c(Cl)ncnc12.COC(=O)c1cc(Cl)nc2c(N[C@@H]3CN(C(=O)OC(C)(C)C)CCC3(F)F)ncnc12. The van der Waals surface area contributed by atoms with Gasteiger partial charge in [0.05, 0.1) is 31.9 Å². The first kappa shape index (κ1) is 35.6. The zero-order chi connectivity index (χ0) is 34.7. The monoisotopic (exact) mass is 714 g/mol. The Labute approximate surface area is 281 Å². The number of aromatic nitrogens is 6. The molecule has 5 rings (SSSR count). The fourth-order valence-electron chi connectivity index (χ4n) is 4.34. The number of alkyl halides is 2. The number of esters is 2. The maximum atomic E-state index is 14.7.